The largest absolute Gasteiger partial charge is 0.507 e. The first-order valence-electron chi connectivity index (χ1n) is 11.3. The number of Topliss-reactive ketones (excluding diaryl/α,β-unsaturated/α-hetero) is 1. The van der Waals surface area contributed by atoms with E-state index in [2.05, 4.69) is 16.9 Å². The number of aromatic nitrogens is 2. The molecule has 2 aromatic heterocycles. The number of pyridine rings is 2. The number of aliphatic hydroxyl groups is 1. The number of ether oxygens (including phenoxy) is 1. The third-order valence-corrected chi connectivity index (χ3v) is 5.84. The number of carbonyl (C=O) groups excluding carboxylic acids is 2. The number of unbranched alkanes of at least 4 members (excludes halogenated alkanes) is 1. The molecule has 1 aliphatic heterocycles. The molecule has 4 rings (SSSR count). The molecule has 0 aliphatic carbocycles. The molecule has 7 heteroatoms. The fraction of sp³-hybridized carbons (Fsp3) is 0.259. The second-order valence-electron chi connectivity index (χ2n) is 8.25. The molecule has 1 fully saturated rings. The number of carbonyl (C=O) groups is 2. The first kappa shape index (κ1) is 23.2. The molecule has 7 nitrogen and oxygen atoms in total. The van der Waals surface area contributed by atoms with Crippen LogP contribution in [0.4, 0.5) is 0 Å². The van der Waals surface area contributed by atoms with Crippen molar-refractivity contribution in [2.75, 3.05) is 6.61 Å². The monoisotopic (exact) mass is 457 g/mol. The summed E-state index contributed by atoms with van der Waals surface area (Å²) in [5.74, 6) is -0.864. The Morgan fingerprint density at radius 1 is 1.09 bits per heavy atom. The predicted molar refractivity (Wildman–Crippen MR) is 128 cm³/mol. The van der Waals surface area contributed by atoms with Crippen molar-refractivity contribution in [2.24, 2.45) is 0 Å². The number of amides is 1. The van der Waals surface area contributed by atoms with Crippen LogP contribution in [0.2, 0.25) is 0 Å². The van der Waals surface area contributed by atoms with Gasteiger partial charge in [0.05, 0.1) is 18.2 Å². The summed E-state index contributed by atoms with van der Waals surface area (Å²) in [4.78, 5) is 35.9. The molecule has 1 saturated heterocycles. The Bertz CT molecular complexity index is 1210. The van der Waals surface area contributed by atoms with Gasteiger partial charge in [0.15, 0.2) is 0 Å². The van der Waals surface area contributed by atoms with Crippen molar-refractivity contribution < 1.29 is 19.4 Å². The fourth-order valence-electron chi connectivity index (χ4n) is 4.06. The van der Waals surface area contributed by atoms with Crippen molar-refractivity contribution in [2.45, 2.75) is 39.3 Å². The van der Waals surface area contributed by atoms with Gasteiger partial charge in [-0.1, -0.05) is 19.4 Å². The first-order valence-corrected chi connectivity index (χ1v) is 11.3. The number of benzene rings is 1. The van der Waals surface area contributed by atoms with E-state index in [1.165, 1.54) is 4.90 Å². The summed E-state index contributed by atoms with van der Waals surface area (Å²) in [5, 5.41) is 11.3. The molecule has 34 heavy (non-hydrogen) atoms. The number of aliphatic hydroxyl groups excluding tert-OH is 1. The smallest absolute Gasteiger partial charge is 0.295 e. The lowest BCUT2D eigenvalue weighted by atomic mass is 9.95. The van der Waals surface area contributed by atoms with Gasteiger partial charge in [-0.2, -0.15) is 0 Å². The van der Waals surface area contributed by atoms with E-state index >= 15 is 0 Å². The molecular formula is C27H27N3O4. The number of rotatable bonds is 8. The molecule has 0 spiro atoms. The lowest BCUT2D eigenvalue weighted by Gasteiger charge is -2.25. The van der Waals surface area contributed by atoms with Crippen molar-refractivity contribution in [3.63, 3.8) is 0 Å². The van der Waals surface area contributed by atoms with Crippen molar-refractivity contribution in [3.8, 4) is 5.75 Å². The van der Waals surface area contributed by atoms with Gasteiger partial charge in [-0.3, -0.25) is 19.6 Å². The highest BCUT2D eigenvalue weighted by Gasteiger charge is 2.46. The molecule has 1 N–H and O–H groups in total. The first-order chi connectivity index (χ1) is 16.5. The molecule has 1 atom stereocenters. The molecule has 3 aromatic rings. The summed E-state index contributed by atoms with van der Waals surface area (Å²) in [6.07, 6.45) is 8.50. The van der Waals surface area contributed by atoms with Crippen molar-refractivity contribution >= 4 is 17.4 Å². The van der Waals surface area contributed by atoms with Gasteiger partial charge in [0.1, 0.15) is 11.5 Å². The lowest BCUT2D eigenvalue weighted by molar-refractivity contribution is -0.140. The highest BCUT2D eigenvalue weighted by Crippen LogP contribution is 2.40. The van der Waals surface area contributed by atoms with Crippen LogP contribution in [0.15, 0.2) is 72.8 Å². The predicted octanol–water partition coefficient (Wildman–Crippen LogP) is 4.59. The minimum Gasteiger partial charge on any atom is -0.507 e. The molecular weight excluding hydrogens is 430 g/mol. The molecule has 174 valence electrons. The Morgan fingerprint density at radius 3 is 2.56 bits per heavy atom. The van der Waals surface area contributed by atoms with Crippen LogP contribution in [-0.4, -0.2) is 38.3 Å². The highest BCUT2D eigenvalue weighted by molar-refractivity contribution is 6.46. The fourth-order valence-corrected chi connectivity index (χ4v) is 4.06. The molecule has 0 radical (unpaired) electrons. The summed E-state index contributed by atoms with van der Waals surface area (Å²) in [6.45, 7) is 4.79. The molecule has 1 amide bonds. The van der Waals surface area contributed by atoms with Crippen LogP contribution >= 0.6 is 0 Å². The Balaban J connectivity index is 1.76. The maximum absolute atomic E-state index is 13.2. The van der Waals surface area contributed by atoms with Crippen LogP contribution < -0.4 is 4.74 Å². The molecule has 3 heterocycles. The topological polar surface area (TPSA) is 92.6 Å². The van der Waals surface area contributed by atoms with Gasteiger partial charge in [-0.25, -0.2) is 0 Å². The van der Waals surface area contributed by atoms with E-state index in [4.69, 9.17) is 4.74 Å². The van der Waals surface area contributed by atoms with Crippen molar-refractivity contribution in [1.82, 2.24) is 14.9 Å². The third-order valence-electron chi connectivity index (χ3n) is 5.84. The van der Waals surface area contributed by atoms with Gasteiger partial charge < -0.3 is 14.7 Å². The summed E-state index contributed by atoms with van der Waals surface area (Å²) >= 11 is 0. The van der Waals surface area contributed by atoms with Crippen LogP contribution in [0.3, 0.4) is 0 Å². The SMILES string of the molecule is CCCCOc1ccc(C(O)=C2C(=O)C(=O)N(Cc3cccnc3)[C@@H]2c2ccncc2)cc1C. The number of hydrogen-bond acceptors (Lipinski definition) is 6. The van der Waals surface area contributed by atoms with Gasteiger partial charge in [-0.05, 0) is 66.4 Å². The van der Waals surface area contributed by atoms with Gasteiger partial charge in [0.25, 0.3) is 11.7 Å². The molecule has 0 unspecified atom stereocenters. The van der Waals surface area contributed by atoms with E-state index in [0.29, 0.717) is 17.7 Å². The van der Waals surface area contributed by atoms with Gasteiger partial charge in [0.2, 0.25) is 0 Å². The minimum atomic E-state index is -0.746. The van der Waals surface area contributed by atoms with Crippen LogP contribution in [-0.2, 0) is 16.1 Å². The zero-order valence-corrected chi connectivity index (χ0v) is 19.3. The van der Waals surface area contributed by atoms with Crippen molar-refractivity contribution in [1.29, 1.82) is 0 Å². The molecule has 1 aromatic carbocycles. The van der Waals surface area contributed by atoms with E-state index in [1.54, 1.807) is 61.2 Å². The van der Waals surface area contributed by atoms with Gasteiger partial charge in [0, 0.05) is 36.9 Å². The quantitative estimate of drug-likeness (QED) is 0.230. The Morgan fingerprint density at radius 2 is 1.88 bits per heavy atom. The molecule has 0 bridgehead atoms. The lowest BCUT2D eigenvalue weighted by Crippen LogP contribution is -2.29. The van der Waals surface area contributed by atoms with Gasteiger partial charge in [-0.15, -0.1) is 0 Å². The standard InChI is InChI=1S/C27H27N3O4/c1-3-4-14-34-22-8-7-21(15-18(22)2)25(31)23-24(20-9-12-28-13-10-20)30(27(33)26(23)32)17-19-6-5-11-29-16-19/h5-13,15-16,24,31H,3-4,14,17H2,1-2H3/t24-/m1/s1. The average molecular weight is 458 g/mol. The average Bonchev–Trinajstić information content (AvgIpc) is 3.11. The second-order valence-corrected chi connectivity index (χ2v) is 8.25. The normalized spacial score (nSPS) is 17.2. The van der Waals surface area contributed by atoms with Crippen LogP contribution in [0, 0.1) is 6.92 Å². The van der Waals surface area contributed by atoms with E-state index < -0.39 is 17.7 Å². The van der Waals surface area contributed by atoms with Crippen LogP contribution in [0.25, 0.3) is 5.76 Å². The van der Waals surface area contributed by atoms with Crippen LogP contribution in [0.5, 0.6) is 5.75 Å². The Kier molecular flexibility index (Phi) is 7.01. The number of aryl methyl sites for hydroxylation is 1. The van der Waals surface area contributed by atoms with Crippen molar-refractivity contribution in [3.05, 3.63) is 95.1 Å². The van der Waals surface area contributed by atoms with E-state index in [-0.39, 0.29) is 17.9 Å². The number of ketones is 1. The van der Waals surface area contributed by atoms with E-state index in [1.807, 2.05) is 13.0 Å². The second kappa shape index (κ2) is 10.3. The summed E-state index contributed by atoms with van der Waals surface area (Å²) < 4.78 is 5.81. The summed E-state index contributed by atoms with van der Waals surface area (Å²) in [6, 6.07) is 11.6. The number of nitrogens with zero attached hydrogens (tertiary/aromatic N) is 3. The maximum Gasteiger partial charge on any atom is 0.295 e. The number of likely N-dealkylation sites (tertiary alicyclic amines) is 1. The van der Waals surface area contributed by atoms with E-state index in [9.17, 15) is 14.7 Å². The molecule has 0 saturated carbocycles. The summed E-state index contributed by atoms with van der Waals surface area (Å²) in [5.41, 5.74) is 2.83. The van der Waals surface area contributed by atoms with E-state index in [0.717, 1.165) is 29.7 Å². The minimum absolute atomic E-state index is 0.0548. The summed E-state index contributed by atoms with van der Waals surface area (Å²) in [7, 11) is 0. The van der Waals surface area contributed by atoms with Gasteiger partial charge >= 0.3 is 0 Å². The maximum atomic E-state index is 13.2. The molecule has 1 aliphatic rings. The highest BCUT2D eigenvalue weighted by atomic mass is 16.5. The zero-order chi connectivity index (χ0) is 24.1. The van der Waals surface area contributed by atoms with Crippen LogP contribution in [0.1, 0.15) is 48.1 Å². The zero-order valence-electron chi connectivity index (χ0n) is 19.3. The third kappa shape index (κ3) is 4.69. The Labute approximate surface area is 198 Å². The Hall–Kier alpha value is -4.00. The number of hydrogen-bond donors (Lipinski definition) is 1.